The average Bonchev–Trinajstić information content (AvgIpc) is 2.77. The van der Waals surface area contributed by atoms with Gasteiger partial charge in [0.05, 0.1) is 0 Å². The van der Waals surface area contributed by atoms with E-state index in [1.54, 1.807) is 0 Å². The molecule has 1 aromatic heterocycles. The third-order valence-corrected chi connectivity index (χ3v) is 3.28. The summed E-state index contributed by atoms with van der Waals surface area (Å²) >= 11 is 1.51. The molecular weight excluding hydrogens is 216 g/mol. The third kappa shape index (κ3) is 2.42. The average molecular weight is 231 g/mol. The lowest BCUT2D eigenvalue weighted by molar-refractivity contribution is 0.902. The summed E-state index contributed by atoms with van der Waals surface area (Å²) in [4.78, 5) is 6.31. The SMILES string of the molecule is Cc1ccc(CN(C)c2cs[c]n2)cc1C. The molecule has 1 aromatic carbocycles. The fourth-order valence-corrected chi connectivity index (χ4v) is 2.15. The maximum absolute atomic E-state index is 4.17. The van der Waals surface area contributed by atoms with Gasteiger partial charge in [-0.3, -0.25) is 0 Å². The second-order valence-electron chi connectivity index (χ2n) is 4.07. The lowest BCUT2D eigenvalue weighted by atomic mass is 10.1. The molecule has 0 saturated carbocycles. The Morgan fingerprint density at radius 3 is 2.75 bits per heavy atom. The van der Waals surface area contributed by atoms with Crippen LogP contribution in [0.15, 0.2) is 23.6 Å². The summed E-state index contributed by atoms with van der Waals surface area (Å²) in [7, 11) is 2.05. The number of benzene rings is 1. The highest BCUT2D eigenvalue weighted by Crippen LogP contribution is 2.16. The molecule has 0 aliphatic heterocycles. The molecule has 0 amide bonds. The molecule has 3 heteroatoms. The first-order chi connectivity index (χ1) is 7.66. The number of aromatic nitrogens is 1. The van der Waals surface area contributed by atoms with Crippen molar-refractivity contribution in [3.8, 4) is 0 Å². The Morgan fingerprint density at radius 1 is 1.31 bits per heavy atom. The number of anilines is 1. The second-order valence-corrected chi connectivity index (χ2v) is 4.73. The van der Waals surface area contributed by atoms with Crippen molar-refractivity contribution < 1.29 is 0 Å². The van der Waals surface area contributed by atoms with Crippen LogP contribution in [0.3, 0.4) is 0 Å². The van der Waals surface area contributed by atoms with Crippen molar-refractivity contribution in [2.75, 3.05) is 11.9 Å². The van der Waals surface area contributed by atoms with Crippen molar-refractivity contribution in [1.82, 2.24) is 4.98 Å². The number of thiazole rings is 1. The number of hydrogen-bond acceptors (Lipinski definition) is 3. The van der Waals surface area contributed by atoms with Gasteiger partial charge in [0.1, 0.15) is 5.82 Å². The number of hydrogen-bond donors (Lipinski definition) is 0. The lowest BCUT2D eigenvalue weighted by Crippen LogP contribution is -2.16. The quantitative estimate of drug-likeness (QED) is 0.806. The van der Waals surface area contributed by atoms with Crippen molar-refractivity contribution in [2.45, 2.75) is 20.4 Å². The summed E-state index contributed by atoms with van der Waals surface area (Å²) in [5, 5.41) is 2.01. The van der Waals surface area contributed by atoms with E-state index in [2.05, 4.69) is 54.5 Å². The van der Waals surface area contributed by atoms with Crippen LogP contribution in [0, 0.1) is 19.4 Å². The Bertz CT molecular complexity index is 463. The summed E-state index contributed by atoms with van der Waals surface area (Å²) < 4.78 is 0. The predicted molar refractivity (Wildman–Crippen MR) is 69.0 cm³/mol. The van der Waals surface area contributed by atoms with Gasteiger partial charge in [0.15, 0.2) is 5.51 Å². The van der Waals surface area contributed by atoms with Gasteiger partial charge >= 0.3 is 0 Å². The number of nitrogens with zero attached hydrogens (tertiary/aromatic N) is 2. The van der Waals surface area contributed by atoms with Crippen LogP contribution in [0.4, 0.5) is 5.82 Å². The van der Waals surface area contributed by atoms with E-state index in [9.17, 15) is 0 Å². The van der Waals surface area contributed by atoms with Crippen molar-refractivity contribution in [3.05, 3.63) is 45.8 Å². The highest BCUT2D eigenvalue weighted by Gasteiger charge is 2.04. The highest BCUT2D eigenvalue weighted by molar-refractivity contribution is 7.07. The van der Waals surface area contributed by atoms with E-state index < -0.39 is 0 Å². The molecule has 0 spiro atoms. The molecular formula is C13H15N2S. The summed E-state index contributed by atoms with van der Waals surface area (Å²) in [6.07, 6.45) is 0. The minimum Gasteiger partial charge on any atom is -0.355 e. The molecule has 2 nitrogen and oxygen atoms in total. The van der Waals surface area contributed by atoms with Crippen LogP contribution in [0.1, 0.15) is 16.7 Å². The van der Waals surface area contributed by atoms with Gasteiger partial charge in [0, 0.05) is 19.0 Å². The van der Waals surface area contributed by atoms with Gasteiger partial charge in [0.25, 0.3) is 0 Å². The number of rotatable bonds is 3. The van der Waals surface area contributed by atoms with E-state index in [-0.39, 0.29) is 0 Å². The van der Waals surface area contributed by atoms with E-state index in [1.165, 1.54) is 28.0 Å². The van der Waals surface area contributed by atoms with Gasteiger partial charge in [-0.2, -0.15) is 0 Å². The van der Waals surface area contributed by atoms with Crippen molar-refractivity contribution in [3.63, 3.8) is 0 Å². The third-order valence-electron chi connectivity index (χ3n) is 2.76. The molecule has 0 aliphatic carbocycles. The fourth-order valence-electron chi connectivity index (χ4n) is 1.61. The van der Waals surface area contributed by atoms with Crippen LogP contribution in [0.25, 0.3) is 0 Å². The standard InChI is InChI=1S/C13H15N2S/c1-10-4-5-12(6-11(10)2)7-15(3)13-8-16-9-14-13/h4-6,8H,7H2,1-3H3. The monoisotopic (exact) mass is 231 g/mol. The molecule has 0 bridgehead atoms. The van der Waals surface area contributed by atoms with Gasteiger partial charge in [-0.1, -0.05) is 18.2 Å². The van der Waals surface area contributed by atoms with E-state index in [1.807, 2.05) is 5.38 Å². The lowest BCUT2D eigenvalue weighted by Gasteiger charge is -2.16. The van der Waals surface area contributed by atoms with Gasteiger partial charge in [-0.15, -0.1) is 11.3 Å². The first kappa shape index (κ1) is 11.1. The Balaban J connectivity index is 2.12. The molecule has 16 heavy (non-hydrogen) atoms. The van der Waals surface area contributed by atoms with Crippen molar-refractivity contribution in [2.24, 2.45) is 0 Å². The maximum atomic E-state index is 4.17. The molecule has 0 aliphatic rings. The summed E-state index contributed by atoms with van der Waals surface area (Å²) in [5.41, 5.74) is 6.87. The maximum Gasteiger partial charge on any atom is 0.154 e. The zero-order valence-electron chi connectivity index (χ0n) is 9.82. The molecule has 0 fully saturated rings. The normalized spacial score (nSPS) is 10.4. The summed E-state index contributed by atoms with van der Waals surface area (Å²) in [6.45, 7) is 5.17. The first-order valence-electron chi connectivity index (χ1n) is 5.25. The molecule has 2 rings (SSSR count). The number of aryl methyl sites for hydroxylation is 2. The predicted octanol–water partition coefficient (Wildman–Crippen LogP) is 3.20. The van der Waals surface area contributed by atoms with Crippen LogP contribution in [-0.2, 0) is 6.54 Å². The van der Waals surface area contributed by atoms with E-state index in [0.717, 1.165) is 12.4 Å². The smallest absolute Gasteiger partial charge is 0.154 e. The van der Waals surface area contributed by atoms with E-state index >= 15 is 0 Å². The molecule has 0 N–H and O–H groups in total. The van der Waals surface area contributed by atoms with Gasteiger partial charge in [-0.05, 0) is 30.5 Å². The molecule has 1 radical (unpaired) electrons. The molecule has 0 unspecified atom stereocenters. The largest absolute Gasteiger partial charge is 0.355 e. The van der Waals surface area contributed by atoms with Crippen LogP contribution in [-0.4, -0.2) is 12.0 Å². The zero-order chi connectivity index (χ0) is 11.5. The van der Waals surface area contributed by atoms with Crippen LogP contribution < -0.4 is 4.90 Å². The Kier molecular flexibility index (Phi) is 3.25. The Labute approximate surface area is 101 Å². The van der Waals surface area contributed by atoms with Gasteiger partial charge < -0.3 is 4.90 Å². The Hall–Kier alpha value is -1.35. The summed E-state index contributed by atoms with van der Waals surface area (Å²) in [6, 6.07) is 6.59. The molecule has 2 aromatic rings. The van der Waals surface area contributed by atoms with Crippen molar-refractivity contribution >= 4 is 17.2 Å². The summed E-state index contributed by atoms with van der Waals surface area (Å²) in [5.74, 6) is 0.989. The fraction of sp³-hybridized carbons (Fsp3) is 0.308. The molecule has 0 atom stereocenters. The highest BCUT2D eigenvalue weighted by atomic mass is 32.1. The molecule has 0 saturated heterocycles. The van der Waals surface area contributed by atoms with Crippen LogP contribution >= 0.6 is 11.3 Å². The zero-order valence-corrected chi connectivity index (χ0v) is 10.6. The van der Waals surface area contributed by atoms with E-state index in [4.69, 9.17) is 0 Å². The first-order valence-corrected chi connectivity index (χ1v) is 6.13. The molecule has 83 valence electrons. The van der Waals surface area contributed by atoms with Crippen LogP contribution in [0.5, 0.6) is 0 Å². The van der Waals surface area contributed by atoms with Gasteiger partial charge in [0.2, 0.25) is 0 Å². The topological polar surface area (TPSA) is 16.1 Å². The Morgan fingerprint density at radius 2 is 2.12 bits per heavy atom. The van der Waals surface area contributed by atoms with E-state index in [0.29, 0.717) is 0 Å². The molecule has 1 heterocycles. The van der Waals surface area contributed by atoms with Gasteiger partial charge in [-0.25, -0.2) is 4.98 Å². The second kappa shape index (κ2) is 4.66. The van der Waals surface area contributed by atoms with Crippen molar-refractivity contribution in [1.29, 1.82) is 0 Å². The minimum absolute atomic E-state index is 0.888. The minimum atomic E-state index is 0.888. The van der Waals surface area contributed by atoms with Crippen LogP contribution in [0.2, 0.25) is 0 Å².